The average Bonchev–Trinajstić information content (AvgIpc) is 2.47. The summed E-state index contributed by atoms with van der Waals surface area (Å²) in [7, 11) is 0. The maximum Gasteiger partial charge on any atom is 0.335 e. The van der Waals surface area contributed by atoms with E-state index < -0.39 is 11.9 Å². The topological polar surface area (TPSA) is 103 Å². The van der Waals surface area contributed by atoms with Gasteiger partial charge < -0.3 is 10.4 Å². The Bertz CT molecular complexity index is 746. The molecule has 0 aliphatic carbocycles. The van der Waals surface area contributed by atoms with Gasteiger partial charge in [0.1, 0.15) is 11.8 Å². The van der Waals surface area contributed by atoms with E-state index in [1.807, 2.05) is 6.07 Å². The molecule has 2 aromatic rings. The number of carboxylic acids is 1. The number of benzene rings is 1. The first kappa shape index (κ1) is 14.2. The molecule has 1 amide bonds. The summed E-state index contributed by atoms with van der Waals surface area (Å²) in [6, 6.07) is 10.8. The normalized spacial score (nSPS) is 9.71. The highest BCUT2D eigenvalue weighted by Crippen LogP contribution is 2.12. The SMILES string of the molecule is Cc1nc(C(=O)Nc2ccc(C(=O)O)cc2)ccc1C#N. The zero-order chi connectivity index (χ0) is 15.4. The minimum absolute atomic E-state index is 0.139. The molecule has 0 unspecified atom stereocenters. The number of carbonyl (C=O) groups excluding carboxylic acids is 1. The van der Waals surface area contributed by atoms with Gasteiger partial charge in [-0.3, -0.25) is 4.79 Å². The summed E-state index contributed by atoms with van der Waals surface area (Å²) >= 11 is 0. The summed E-state index contributed by atoms with van der Waals surface area (Å²) < 4.78 is 0. The number of hydrogen-bond acceptors (Lipinski definition) is 4. The van der Waals surface area contributed by atoms with Gasteiger partial charge in [0.2, 0.25) is 0 Å². The predicted molar refractivity (Wildman–Crippen MR) is 75.0 cm³/mol. The second-order valence-electron chi connectivity index (χ2n) is 4.28. The third kappa shape index (κ3) is 3.22. The van der Waals surface area contributed by atoms with Crippen LogP contribution in [0.4, 0.5) is 5.69 Å². The van der Waals surface area contributed by atoms with E-state index in [1.54, 1.807) is 6.92 Å². The molecule has 0 saturated heterocycles. The van der Waals surface area contributed by atoms with Crippen LogP contribution in [0, 0.1) is 18.3 Å². The van der Waals surface area contributed by atoms with Crippen LogP contribution in [0.3, 0.4) is 0 Å². The van der Waals surface area contributed by atoms with E-state index in [4.69, 9.17) is 10.4 Å². The molecule has 1 aromatic carbocycles. The van der Waals surface area contributed by atoms with Gasteiger partial charge in [0, 0.05) is 5.69 Å². The van der Waals surface area contributed by atoms with E-state index in [1.165, 1.54) is 36.4 Å². The van der Waals surface area contributed by atoms with E-state index in [-0.39, 0.29) is 11.3 Å². The first-order chi connectivity index (χ1) is 10.0. The summed E-state index contributed by atoms with van der Waals surface area (Å²) in [4.78, 5) is 26.8. The molecule has 21 heavy (non-hydrogen) atoms. The summed E-state index contributed by atoms with van der Waals surface area (Å²) in [6.45, 7) is 1.65. The molecule has 1 heterocycles. The number of nitrogens with one attached hydrogen (secondary N) is 1. The fourth-order valence-corrected chi connectivity index (χ4v) is 1.70. The Hall–Kier alpha value is -3.20. The fourth-order valence-electron chi connectivity index (χ4n) is 1.70. The van der Waals surface area contributed by atoms with E-state index in [0.717, 1.165) is 0 Å². The third-order valence-electron chi connectivity index (χ3n) is 2.83. The first-order valence-electron chi connectivity index (χ1n) is 6.03. The molecule has 0 atom stereocenters. The summed E-state index contributed by atoms with van der Waals surface area (Å²) in [6.07, 6.45) is 0. The Kier molecular flexibility index (Phi) is 3.95. The quantitative estimate of drug-likeness (QED) is 0.897. The van der Waals surface area contributed by atoms with Gasteiger partial charge in [-0.05, 0) is 43.3 Å². The van der Waals surface area contributed by atoms with Gasteiger partial charge in [-0.1, -0.05) is 0 Å². The lowest BCUT2D eigenvalue weighted by Gasteiger charge is -2.06. The van der Waals surface area contributed by atoms with E-state index in [0.29, 0.717) is 16.9 Å². The molecular formula is C15H11N3O3. The van der Waals surface area contributed by atoms with Crippen LogP contribution in [0.15, 0.2) is 36.4 Å². The Labute approximate surface area is 120 Å². The highest BCUT2D eigenvalue weighted by Gasteiger charge is 2.10. The summed E-state index contributed by atoms with van der Waals surface area (Å²) in [5, 5.41) is 20.2. The molecule has 2 rings (SSSR count). The van der Waals surface area contributed by atoms with Crippen molar-refractivity contribution in [2.75, 3.05) is 5.32 Å². The zero-order valence-corrected chi connectivity index (χ0v) is 11.1. The van der Waals surface area contributed by atoms with Crippen LogP contribution < -0.4 is 5.32 Å². The van der Waals surface area contributed by atoms with Gasteiger partial charge in [-0.15, -0.1) is 0 Å². The Morgan fingerprint density at radius 3 is 2.38 bits per heavy atom. The number of nitriles is 1. The molecule has 0 fully saturated rings. The van der Waals surface area contributed by atoms with Crippen molar-refractivity contribution >= 4 is 17.6 Å². The second kappa shape index (κ2) is 5.84. The van der Waals surface area contributed by atoms with Gasteiger partial charge in [-0.25, -0.2) is 9.78 Å². The number of aromatic carboxylic acids is 1. The summed E-state index contributed by atoms with van der Waals surface area (Å²) in [5.41, 5.74) is 1.69. The van der Waals surface area contributed by atoms with Crippen molar-refractivity contribution in [1.82, 2.24) is 4.98 Å². The van der Waals surface area contributed by atoms with Crippen molar-refractivity contribution in [3.63, 3.8) is 0 Å². The maximum absolute atomic E-state index is 12.0. The molecule has 6 heteroatoms. The number of amides is 1. The zero-order valence-electron chi connectivity index (χ0n) is 11.1. The molecule has 0 radical (unpaired) electrons. The number of rotatable bonds is 3. The summed E-state index contributed by atoms with van der Waals surface area (Å²) in [5.74, 6) is -1.46. The Morgan fingerprint density at radius 2 is 1.86 bits per heavy atom. The minimum Gasteiger partial charge on any atom is -0.478 e. The van der Waals surface area contributed by atoms with Crippen LogP contribution >= 0.6 is 0 Å². The number of anilines is 1. The molecule has 0 aliphatic heterocycles. The highest BCUT2D eigenvalue weighted by molar-refractivity contribution is 6.03. The lowest BCUT2D eigenvalue weighted by Crippen LogP contribution is -2.14. The lowest BCUT2D eigenvalue weighted by atomic mass is 10.2. The van der Waals surface area contributed by atoms with Gasteiger partial charge >= 0.3 is 5.97 Å². The van der Waals surface area contributed by atoms with E-state index in [2.05, 4.69) is 10.3 Å². The molecule has 0 saturated carbocycles. The van der Waals surface area contributed by atoms with Crippen LogP contribution in [-0.2, 0) is 0 Å². The standard InChI is InChI=1S/C15H11N3O3/c1-9-11(8-16)4-7-13(17-9)14(19)18-12-5-2-10(3-6-12)15(20)21/h2-7H,1H3,(H,18,19)(H,20,21). The van der Waals surface area contributed by atoms with Gasteiger partial charge in [0.15, 0.2) is 0 Å². The van der Waals surface area contributed by atoms with Crippen molar-refractivity contribution < 1.29 is 14.7 Å². The van der Waals surface area contributed by atoms with Gasteiger partial charge in [0.25, 0.3) is 5.91 Å². The van der Waals surface area contributed by atoms with Crippen molar-refractivity contribution in [3.05, 3.63) is 58.9 Å². The number of pyridine rings is 1. The Morgan fingerprint density at radius 1 is 1.19 bits per heavy atom. The van der Waals surface area contributed by atoms with E-state index in [9.17, 15) is 9.59 Å². The average molecular weight is 281 g/mol. The van der Waals surface area contributed by atoms with Gasteiger partial charge in [0.05, 0.1) is 16.8 Å². The van der Waals surface area contributed by atoms with Crippen molar-refractivity contribution in [3.8, 4) is 6.07 Å². The smallest absolute Gasteiger partial charge is 0.335 e. The monoisotopic (exact) mass is 281 g/mol. The predicted octanol–water partition coefficient (Wildman–Crippen LogP) is 2.21. The largest absolute Gasteiger partial charge is 0.478 e. The molecule has 0 aliphatic rings. The van der Waals surface area contributed by atoms with Crippen molar-refractivity contribution in [1.29, 1.82) is 5.26 Å². The van der Waals surface area contributed by atoms with Crippen LogP contribution in [0.1, 0.15) is 32.1 Å². The molecule has 104 valence electrons. The highest BCUT2D eigenvalue weighted by atomic mass is 16.4. The number of hydrogen-bond donors (Lipinski definition) is 2. The number of aryl methyl sites for hydroxylation is 1. The van der Waals surface area contributed by atoms with Crippen LogP contribution in [-0.4, -0.2) is 22.0 Å². The van der Waals surface area contributed by atoms with Crippen LogP contribution in [0.25, 0.3) is 0 Å². The molecule has 0 bridgehead atoms. The molecular weight excluding hydrogens is 270 g/mol. The van der Waals surface area contributed by atoms with E-state index >= 15 is 0 Å². The molecule has 0 spiro atoms. The molecule has 1 aromatic heterocycles. The van der Waals surface area contributed by atoms with Crippen molar-refractivity contribution in [2.45, 2.75) is 6.92 Å². The lowest BCUT2D eigenvalue weighted by molar-refractivity contribution is 0.0696. The van der Waals surface area contributed by atoms with Crippen LogP contribution in [0.2, 0.25) is 0 Å². The number of carboxylic acid groups (broad SMARTS) is 1. The Balaban J connectivity index is 2.16. The number of carbonyl (C=O) groups is 2. The third-order valence-corrected chi connectivity index (χ3v) is 2.83. The minimum atomic E-state index is -1.03. The fraction of sp³-hybridized carbons (Fsp3) is 0.0667. The van der Waals surface area contributed by atoms with Crippen molar-refractivity contribution in [2.24, 2.45) is 0 Å². The number of nitrogens with zero attached hydrogens (tertiary/aromatic N) is 2. The van der Waals surface area contributed by atoms with Crippen LogP contribution in [0.5, 0.6) is 0 Å². The number of aromatic nitrogens is 1. The molecule has 2 N–H and O–H groups in total. The maximum atomic E-state index is 12.0. The second-order valence-corrected chi connectivity index (χ2v) is 4.28. The van der Waals surface area contributed by atoms with Gasteiger partial charge in [-0.2, -0.15) is 5.26 Å². The first-order valence-corrected chi connectivity index (χ1v) is 6.03. The molecule has 6 nitrogen and oxygen atoms in total.